The number of benzene rings is 1. The van der Waals surface area contributed by atoms with Crippen LogP contribution in [0.1, 0.15) is 32.8 Å². The lowest BCUT2D eigenvalue weighted by atomic mass is 10.1. The van der Waals surface area contributed by atoms with Gasteiger partial charge in [-0.25, -0.2) is 4.79 Å². The SMILES string of the molecule is CC(C)(C)OC(=O)N1CCC(N2CCN(c3cc(C#N)cc(N)c3Cl)CC2)C1. The van der Waals surface area contributed by atoms with Crippen LogP contribution in [0.5, 0.6) is 0 Å². The van der Waals surface area contributed by atoms with E-state index in [1.807, 2.05) is 20.8 Å². The average molecular weight is 406 g/mol. The van der Waals surface area contributed by atoms with Crippen molar-refractivity contribution in [3.8, 4) is 6.07 Å². The highest BCUT2D eigenvalue weighted by molar-refractivity contribution is 6.35. The maximum absolute atomic E-state index is 12.3. The molecule has 1 amide bonds. The lowest BCUT2D eigenvalue weighted by molar-refractivity contribution is 0.0279. The Hall–Kier alpha value is -2.17. The summed E-state index contributed by atoms with van der Waals surface area (Å²) in [6, 6.07) is 5.89. The molecule has 0 aromatic heterocycles. The van der Waals surface area contributed by atoms with Gasteiger partial charge in [0.15, 0.2) is 0 Å². The van der Waals surface area contributed by atoms with Crippen LogP contribution >= 0.6 is 11.6 Å². The molecule has 0 aliphatic carbocycles. The molecule has 2 aliphatic rings. The minimum Gasteiger partial charge on any atom is -0.444 e. The van der Waals surface area contributed by atoms with Crippen molar-refractivity contribution < 1.29 is 9.53 Å². The number of amides is 1. The summed E-state index contributed by atoms with van der Waals surface area (Å²) in [5.41, 5.74) is 7.24. The highest BCUT2D eigenvalue weighted by Crippen LogP contribution is 2.33. The first-order chi connectivity index (χ1) is 13.2. The van der Waals surface area contributed by atoms with E-state index in [1.54, 1.807) is 17.0 Å². The summed E-state index contributed by atoms with van der Waals surface area (Å²) < 4.78 is 5.49. The zero-order valence-electron chi connectivity index (χ0n) is 16.7. The van der Waals surface area contributed by atoms with Crippen LogP contribution in [0.25, 0.3) is 0 Å². The number of halogens is 1. The molecule has 1 aromatic rings. The monoisotopic (exact) mass is 405 g/mol. The van der Waals surface area contributed by atoms with Crippen LogP contribution in [0.4, 0.5) is 16.2 Å². The Labute approximate surface area is 171 Å². The van der Waals surface area contributed by atoms with E-state index < -0.39 is 5.60 Å². The van der Waals surface area contributed by atoms with E-state index in [2.05, 4.69) is 15.9 Å². The second-order valence-electron chi connectivity index (χ2n) is 8.40. The van der Waals surface area contributed by atoms with Crippen LogP contribution in [0.3, 0.4) is 0 Å². The number of hydrogen-bond acceptors (Lipinski definition) is 6. The van der Waals surface area contributed by atoms with Gasteiger partial charge in [-0.1, -0.05) is 11.6 Å². The van der Waals surface area contributed by atoms with Crippen molar-refractivity contribution in [2.24, 2.45) is 0 Å². The second kappa shape index (κ2) is 8.06. The fourth-order valence-electron chi connectivity index (χ4n) is 3.79. The fraction of sp³-hybridized carbons (Fsp3) is 0.600. The average Bonchev–Trinajstić information content (AvgIpc) is 3.13. The number of carbonyl (C=O) groups excluding carboxylic acids is 1. The molecule has 3 rings (SSSR count). The van der Waals surface area contributed by atoms with Crippen LogP contribution in [0.15, 0.2) is 12.1 Å². The second-order valence-corrected chi connectivity index (χ2v) is 8.78. The number of nitrogens with zero attached hydrogens (tertiary/aromatic N) is 4. The highest BCUT2D eigenvalue weighted by Gasteiger charge is 2.34. The lowest BCUT2D eigenvalue weighted by Gasteiger charge is -2.39. The first-order valence-corrected chi connectivity index (χ1v) is 10.0. The van der Waals surface area contributed by atoms with Crippen molar-refractivity contribution in [1.29, 1.82) is 5.26 Å². The van der Waals surface area contributed by atoms with Gasteiger partial charge in [0.1, 0.15) is 5.60 Å². The van der Waals surface area contributed by atoms with Crippen molar-refractivity contribution in [3.63, 3.8) is 0 Å². The van der Waals surface area contributed by atoms with Crippen molar-refractivity contribution in [2.75, 3.05) is 49.9 Å². The molecule has 8 heteroatoms. The molecular formula is C20H28ClN5O2. The molecule has 0 radical (unpaired) electrons. The van der Waals surface area contributed by atoms with Crippen LogP contribution < -0.4 is 10.6 Å². The smallest absolute Gasteiger partial charge is 0.410 e. The first-order valence-electron chi connectivity index (χ1n) is 9.64. The zero-order valence-corrected chi connectivity index (χ0v) is 17.5. The Kier molecular flexibility index (Phi) is 5.92. The summed E-state index contributed by atoms with van der Waals surface area (Å²) in [6.07, 6.45) is 0.723. The number of piperazine rings is 1. The molecule has 2 heterocycles. The predicted octanol–water partition coefficient (Wildman–Crippen LogP) is 2.93. The molecule has 2 saturated heterocycles. The Morgan fingerprint density at radius 3 is 2.54 bits per heavy atom. The van der Waals surface area contributed by atoms with E-state index in [-0.39, 0.29) is 6.09 Å². The third-order valence-electron chi connectivity index (χ3n) is 5.20. The van der Waals surface area contributed by atoms with Gasteiger partial charge in [0, 0.05) is 45.3 Å². The molecule has 0 saturated carbocycles. The molecule has 1 unspecified atom stereocenters. The maximum Gasteiger partial charge on any atom is 0.410 e. The normalized spacial score (nSPS) is 20.9. The van der Waals surface area contributed by atoms with Gasteiger partial charge in [-0.05, 0) is 39.3 Å². The van der Waals surface area contributed by atoms with Crippen molar-refractivity contribution in [2.45, 2.75) is 38.8 Å². The Morgan fingerprint density at radius 2 is 1.93 bits per heavy atom. The Balaban J connectivity index is 1.58. The minimum atomic E-state index is -0.472. The summed E-state index contributed by atoms with van der Waals surface area (Å²) in [6.45, 7) is 10.4. The topological polar surface area (TPSA) is 85.8 Å². The zero-order chi connectivity index (χ0) is 20.5. The van der Waals surface area contributed by atoms with Crippen molar-refractivity contribution in [3.05, 3.63) is 22.7 Å². The van der Waals surface area contributed by atoms with Gasteiger partial charge in [-0.2, -0.15) is 5.26 Å². The van der Waals surface area contributed by atoms with Gasteiger partial charge >= 0.3 is 6.09 Å². The standard InChI is InChI=1S/C20H28ClN5O2/c1-20(2,3)28-19(27)26-5-4-15(13-26)24-6-8-25(9-7-24)17-11-14(12-22)10-16(23)18(17)21/h10-11,15H,4-9,13,23H2,1-3H3. The largest absolute Gasteiger partial charge is 0.444 e. The van der Waals surface area contributed by atoms with Crippen LogP contribution in [-0.2, 0) is 4.74 Å². The Bertz CT molecular complexity index is 778. The lowest BCUT2D eigenvalue weighted by Crippen LogP contribution is -2.51. The highest BCUT2D eigenvalue weighted by atomic mass is 35.5. The number of nitrogen functional groups attached to an aromatic ring is 1. The number of carbonyl (C=O) groups is 1. The molecule has 0 spiro atoms. The van der Waals surface area contributed by atoms with Crippen LogP contribution in [0.2, 0.25) is 5.02 Å². The molecule has 2 N–H and O–H groups in total. The minimum absolute atomic E-state index is 0.232. The quantitative estimate of drug-likeness (QED) is 0.761. The van der Waals surface area contributed by atoms with Gasteiger partial charge in [0.25, 0.3) is 0 Å². The summed E-state index contributed by atoms with van der Waals surface area (Å²) in [5.74, 6) is 0. The van der Waals surface area contributed by atoms with E-state index in [1.165, 1.54) is 0 Å². The third kappa shape index (κ3) is 4.62. The van der Waals surface area contributed by atoms with Gasteiger partial charge in [-0.15, -0.1) is 0 Å². The molecule has 2 aliphatic heterocycles. The number of nitrogens with two attached hydrogens (primary N) is 1. The van der Waals surface area contributed by atoms with Crippen molar-refractivity contribution in [1.82, 2.24) is 9.80 Å². The fourth-order valence-corrected chi connectivity index (χ4v) is 4.01. The van der Waals surface area contributed by atoms with E-state index in [4.69, 9.17) is 22.1 Å². The summed E-state index contributed by atoms with van der Waals surface area (Å²) >= 11 is 6.38. The van der Waals surface area contributed by atoms with Crippen LogP contribution in [0, 0.1) is 11.3 Å². The van der Waals surface area contributed by atoms with E-state index >= 15 is 0 Å². The van der Waals surface area contributed by atoms with E-state index in [0.29, 0.717) is 28.9 Å². The Morgan fingerprint density at radius 1 is 1.25 bits per heavy atom. The molecular weight excluding hydrogens is 378 g/mol. The third-order valence-corrected chi connectivity index (χ3v) is 5.61. The number of ether oxygens (including phenoxy) is 1. The number of rotatable bonds is 2. The molecule has 1 atom stereocenters. The number of likely N-dealkylation sites (tertiary alicyclic amines) is 1. The molecule has 28 heavy (non-hydrogen) atoms. The number of anilines is 2. The maximum atomic E-state index is 12.3. The number of nitriles is 1. The molecule has 0 bridgehead atoms. The van der Waals surface area contributed by atoms with Gasteiger partial charge in [-0.3, -0.25) is 4.90 Å². The first kappa shape index (κ1) is 20.6. The molecule has 2 fully saturated rings. The van der Waals surface area contributed by atoms with E-state index in [9.17, 15) is 10.1 Å². The van der Waals surface area contributed by atoms with Gasteiger partial charge in [0.2, 0.25) is 0 Å². The summed E-state index contributed by atoms with van der Waals surface area (Å²) in [7, 11) is 0. The summed E-state index contributed by atoms with van der Waals surface area (Å²) in [4.78, 5) is 18.7. The number of hydrogen-bond donors (Lipinski definition) is 1. The predicted molar refractivity (Wildman–Crippen MR) is 111 cm³/mol. The van der Waals surface area contributed by atoms with Gasteiger partial charge < -0.3 is 20.3 Å². The van der Waals surface area contributed by atoms with E-state index in [0.717, 1.165) is 44.8 Å². The molecule has 152 valence electrons. The van der Waals surface area contributed by atoms with Crippen LogP contribution in [-0.4, -0.2) is 66.8 Å². The van der Waals surface area contributed by atoms with Crippen molar-refractivity contribution >= 4 is 29.1 Å². The van der Waals surface area contributed by atoms with Gasteiger partial charge in [0.05, 0.1) is 28.0 Å². The molecule has 7 nitrogen and oxygen atoms in total. The summed E-state index contributed by atoms with van der Waals surface area (Å²) in [5, 5.41) is 9.69. The molecule has 1 aromatic carbocycles.